The summed E-state index contributed by atoms with van der Waals surface area (Å²) in [6.45, 7) is 4.36. The maximum absolute atomic E-state index is 12.6. The van der Waals surface area contributed by atoms with Gasteiger partial charge in [0.2, 0.25) is 5.91 Å². The van der Waals surface area contributed by atoms with Crippen molar-refractivity contribution in [3.05, 3.63) is 12.2 Å². The number of rotatable bonds is 5. The van der Waals surface area contributed by atoms with Gasteiger partial charge >= 0.3 is 0 Å². The molecule has 4 nitrogen and oxygen atoms in total. The molecule has 0 radical (unpaired) electrons. The maximum Gasteiger partial charge on any atom is 0.226 e. The van der Waals surface area contributed by atoms with Crippen molar-refractivity contribution in [2.75, 3.05) is 32.9 Å². The first-order valence-electron chi connectivity index (χ1n) is 10.4. The van der Waals surface area contributed by atoms with Gasteiger partial charge in [0.1, 0.15) is 0 Å². The van der Waals surface area contributed by atoms with Crippen molar-refractivity contribution < 1.29 is 14.3 Å². The summed E-state index contributed by atoms with van der Waals surface area (Å²) in [5.41, 5.74) is 0.298. The zero-order chi connectivity index (χ0) is 17.1. The Morgan fingerprint density at radius 2 is 1.84 bits per heavy atom. The highest BCUT2D eigenvalue weighted by atomic mass is 16.5. The van der Waals surface area contributed by atoms with Crippen molar-refractivity contribution in [1.82, 2.24) is 4.90 Å². The van der Waals surface area contributed by atoms with Gasteiger partial charge in [0.05, 0.1) is 19.3 Å². The number of carbonyl (C=O) groups is 1. The molecule has 25 heavy (non-hydrogen) atoms. The van der Waals surface area contributed by atoms with Crippen LogP contribution in [0.1, 0.15) is 57.8 Å². The number of hydrogen-bond acceptors (Lipinski definition) is 3. The normalized spacial score (nSPS) is 29.9. The Bertz CT molecular complexity index is 481. The Labute approximate surface area is 151 Å². The lowest BCUT2D eigenvalue weighted by molar-refractivity contribution is -0.137. The van der Waals surface area contributed by atoms with Gasteiger partial charge in [0, 0.05) is 25.6 Å². The SMILES string of the molecule is O=C(C1CC=CC1)N1CCC2(CC1)CO[C@@H](COCC1CCCC1)C2. The van der Waals surface area contributed by atoms with Crippen LogP contribution in [0, 0.1) is 17.3 Å². The minimum Gasteiger partial charge on any atom is -0.378 e. The van der Waals surface area contributed by atoms with E-state index in [9.17, 15) is 4.79 Å². The number of piperidine rings is 1. The third-order valence-corrected chi connectivity index (χ3v) is 6.91. The number of amides is 1. The average Bonchev–Trinajstić information content (AvgIpc) is 3.38. The molecule has 2 aliphatic heterocycles. The fourth-order valence-corrected chi connectivity index (χ4v) is 5.17. The van der Waals surface area contributed by atoms with E-state index in [0.717, 1.165) is 70.9 Å². The van der Waals surface area contributed by atoms with Crippen LogP contribution < -0.4 is 0 Å². The second kappa shape index (κ2) is 7.79. The Kier molecular flexibility index (Phi) is 5.47. The summed E-state index contributed by atoms with van der Waals surface area (Å²) in [4.78, 5) is 14.7. The van der Waals surface area contributed by atoms with E-state index in [0.29, 0.717) is 11.3 Å². The van der Waals surface area contributed by atoms with Gasteiger partial charge in [-0.15, -0.1) is 0 Å². The van der Waals surface area contributed by atoms with E-state index in [1.165, 1.54) is 25.7 Å². The second-order valence-corrected chi connectivity index (χ2v) is 8.79. The minimum absolute atomic E-state index is 0.214. The number of hydrogen-bond donors (Lipinski definition) is 0. The monoisotopic (exact) mass is 347 g/mol. The lowest BCUT2D eigenvalue weighted by atomic mass is 9.76. The van der Waals surface area contributed by atoms with Gasteiger partial charge in [-0.1, -0.05) is 25.0 Å². The van der Waals surface area contributed by atoms with Crippen LogP contribution >= 0.6 is 0 Å². The fourth-order valence-electron chi connectivity index (χ4n) is 5.17. The molecule has 1 atom stereocenters. The molecule has 4 rings (SSSR count). The first-order chi connectivity index (χ1) is 12.2. The Hall–Kier alpha value is -0.870. The molecule has 4 heteroatoms. The molecule has 2 aliphatic carbocycles. The molecule has 3 fully saturated rings. The highest BCUT2D eigenvalue weighted by Gasteiger charge is 2.43. The Morgan fingerprint density at radius 1 is 1.12 bits per heavy atom. The van der Waals surface area contributed by atoms with Crippen molar-refractivity contribution in [2.24, 2.45) is 17.3 Å². The molecule has 0 unspecified atom stereocenters. The van der Waals surface area contributed by atoms with Crippen molar-refractivity contribution in [2.45, 2.75) is 63.9 Å². The quantitative estimate of drug-likeness (QED) is 0.714. The first kappa shape index (κ1) is 17.5. The third-order valence-electron chi connectivity index (χ3n) is 6.91. The molecule has 4 aliphatic rings. The van der Waals surface area contributed by atoms with Crippen LogP contribution in [0.4, 0.5) is 0 Å². The van der Waals surface area contributed by atoms with Crippen LogP contribution in [0.5, 0.6) is 0 Å². The molecular weight excluding hydrogens is 314 g/mol. The summed E-state index contributed by atoms with van der Waals surface area (Å²) in [6, 6.07) is 0. The molecule has 1 spiro atoms. The van der Waals surface area contributed by atoms with E-state index in [1.807, 2.05) is 0 Å². The number of nitrogens with zero attached hydrogens (tertiary/aromatic N) is 1. The van der Waals surface area contributed by atoms with E-state index in [2.05, 4.69) is 17.1 Å². The third kappa shape index (κ3) is 4.11. The number of likely N-dealkylation sites (tertiary alicyclic amines) is 1. The highest BCUT2D eigenvalue weighted by molar-refractivity contribution is 5.79. The largest absolute Gasteiger partial charge is 0.378 e. The van der Waals surface area contributed by atoms with Crippen LogP contribution in [0.25, 0.3) is 0 Å². The van der Waals surface area contributed by atoms with Crippen LogP contribution in [-0.4, -0.2) is 49.8 Å². The van der Waals surface area contributed by atoms with E-state index in [4.69, 9.17) is 9.47 Å². The summed E-state index contributed by atoms with van der Waals surface area (Å²) < 4.78 is 12.0. The number of ether oxygens (including phenoxy) is 2. The molecule has 0 aromatic carbocycles. The minimum atomic E-state index is 0.214. The molecule has 0 bridgehead atoms. The summed E-state index contributed by atoms with van der Waals surface area (Å²) in [7, 11) is 0. The molecule has 140 valence electrons. The van der Waals surface area contributed by atoms with Crippen LogP contribution in [0.15, 0.2) is 12.2 Å². The molecule has 2 heterocycles. The average molecular weight is 347 g/mol. The summed E-state index contributed by atoms with van der Waals surface area (Å²) in [6.07, 6.45) is 15.2. The molecule has 1 saturated carbocycles. The summed E-state index contributed by atoms with van der Waals surface area (Å²) >= 11 is 0. The van der Waals surface area contributed by atoms with Gasteiger partial charge in [-0.2, -0.15) is 0 Å². The Morgan fingerprint density at radius 3 is 2.56 bits per heavy atom. The van der Waals surface area contributed by atoms with E-state index in [1.54, 1.807) is 0 Å². The number of carbonyl (C=O) groups excluding carboxylic acids is 1. The smallest absolute Gasteiger partial charge is 0.226 e. The molecular formula is C21H33NO3. The predicted octanol–water partition coefficient (Wildman–Crippen LogP) is 3.56. The van der Waals surface area contributed by atoms with Crippen LogP contribution in [0.3, 0.4) is 0 Å². The Balaban J connectivity index is 1.18. The maximum atomic E-state index is 12.6. The van der Waals surface area contributed by atoms with Crippen LogP contribution in [0.2, 0.25) is 0 Å². The topological polar surface area (TPSA) is 38.8 Å². The molecule has 2 saturated heterocycles. The predicted molar refractivity (Wildman–Crippen MR) is 97.2 cm³/mol. The lowest BCUT2D eigenvalue weighted by Gasteiger charge is -2.39. The zero-order valence-corrected chi connectivity index (χ0v) is 15.5. The van der Waals surface area contributed by atoms with E-state index in [-0.39, 0.29) is 12.0 Å². The van der Waals surface area contributed by atoms with Crippen LogP contribution in [-0.2, 0) is 14.3 Å². The summed E-state index contributed by atoms with van der Waals surface area (Å²) in [5, 5.41) is 0. The van der Waals surface area contributed by atoms with Crippen molar-refractivity contribution in [3.63, 3.8) is 0 Å². The molecule has 0 aromatic heterocycles. The number of allylic oxidation sites excluding steroid dienone is 2. The molecule has 1 amide bonds. The highest BCUT2D eigenvalue weighted by Crippen LogP contribution is 2.42. The van der Waals surface area contributed by atoms with Gasteiger partial charge in [0.25, 0.3) is 0 Å². The van der Waals surface area contributed by atoms with Crippen molar-refractivity contribution in [3.8, 4) is 0 Å². The fraction of sp³-hybridized carbons (Fsp3) is 0.857. The van der Waals surface area contributed by atoms with E-state index < -0.39 is 0 Å². The van der Waals surface area contributed by atoms with Gasteiger partial charge < -0.3 is 14.4 Å². The van der Waals surface area contributed by atoms with Crippen molar-refractivity contribution in [1.29, 1.82) is 0 Å². The lowest BCUT2D eigenvalue weighted by Crippen LogP contribution is -2.45. The van der Waals surface area contributed by atoms with Gasteiger partial charge in [0.15, 0.2) is 0 Å². The van der Waals surface area contributed by atoms with Gasteiger partial charge in [-0.25, -0.2) is 0 Å². The van der Waals surface area contributed by atoms with Crippen molar-refractivity contribution >= 4 is 5.91 Å². The zero-order valence-electron chi connectivity index (χ0n) is 15.5. The van der Waals surface area contributed by atoms with Gasteiger partial charge in [-0.3, -0.25) is 4.79 Å². The van der Waals surface area contributed by atoms with Gasteiger partial charge in [-0.05, 0) is 56.3 Å². The summed E-state index contributed by atoms with van der Waals surface area (Å²) in [5.74, 6) is 1.37. The molecule has 0 aromatic rings. The first-order valence-corrected chi connectivity index (χ1v) is 10.4. The molecule has 0 N–H and O–H groups in total. The van der Waals surface area contributed by atoms with E-state index >= 15 is 0 Å². The second-order valence-electron chi connectivity index (χ2n) is 8.79. The standard InChI is InChI=1S/C21H33NO3/c23-20(18-7-3-4-8-18)22-11-9-21(10-12-22)13-19(25-16-21)15-24-14-17-5-1-2-6-17/h3-4,17-19H,1-2,5-16H2/t19-/m1/s1.